The highest BCUT2D eigenvalue weighted by Gasteiger charge is 2.20. The van der Waals surface area contributed by atoms with Crippen LogP contribution >= 0.6 is 0 Å². The van der Waals surface area contributed by atoms with Crippen molar-refractivity contribution in [2.45, 2.75) is 38.8 Å². The second kappa shape index (κ2) is 6.58. The summed E-state index contributed by atoms with van der Waals surface area (Å²) in [5, 5.41) is 4.24. The summed E-state index contributed by atoms with van der Waals surface area (Å²) in [5.41, 5.74) is 2.38. The summed E-state index contributed by atoms with van der Waals surface area (Å²) in [5.74, 6) is 1.01. The number of rotatable bonds is 6. The van der Waals surface area contributed by atoms with Crippen LogP contribution in [0.1, 0.15) is 49.6 Å². The van der Waals surface area contributed by atoms with Crippen LogP contribution < -0.4 is 0 Å². The molecule has 0 bridgehead atoms. The van der Waals surface area contributed by atoms with Gasteiger partial charge in [-0.2, -0.15) is 4.52 Å². The van der Waals surface area contributed by atoms with Gasteiger partial charge >= 0.3 is 0 Å². The van der Waals surface area contributed by atoms with Crippen LogP contribution in [0.15, 0.2) is 36.7 Å². The molecule has 6 nitrogen and oxygen atoms in total. The minimum Gasteiger partial charge on any atom is -0.337 e. The molecule has 7 heteroatoms. The molecule has 0 radical (unpaired) electrons. The zero-order chi connectivity index (χ0) is 17.2. The van der Waals surface area contributed by atoms with Gasteiger partial charge in [-0.1, -0.05) is 50.1 Å². The molecule has 0 saturated heterocycles. The largest absolute Gasteiger partial charge is 0.337 e. The van der Waals surface area contributed by atoms with Crippen molar-refractivity contribution in [3.8, 4) is 0 Å². The Labute approximate surface area is 144 Å². The zero-order valence-electron chi connectivity index (χ0n) is 14.0. The highest BCUT2D eigenvalue weighted by Crippen LogP contribution is 2.25. The fourth-order valence-corrected chi connectivity index (χ4v) is 2.90. The van der Waals surface area contributed by atoms with E-state index in [4.69, 9.17) is 0 Å². The molecular formula is C18H19FN6. The van der Waals surface area contributed by atoms with Crippen molar-refractivity contribution in [1.29, 1.82) is 0 Å². The SMILES string of the molecule is CCCCCc1nc2ncn3nc(C(F)c4ccccc4)nc3c2[nH]1. The van der Waals surface area contributed by atoms with Crippen LogP contribution in [0.5, 0.6) is 0 Å². The first kappa shape index (κ1) is 15.7. The fraction of sp³-hybridized carbons (Fsp3) is 0.333. The quantitative estimate of drug-likeness (QED) is 0.543. The van der Waals surface area contributed by atoms with E-state index in [-0.39, 0.29) is 5.82 Å². The molecule has 0 aliphatic heterocycles. The summed E-state index contributed by atoms with van der Waals surface area (Å²) in [4.78, 5) is 16.5. The van der Waals surface area contributed by atoms with Crippen LogP contribution in [-0.2, 0) is 6.42 Å². The van der Waals surface area contributed by atoms with E-state index >= 15 is 0 Å². The van der Waals surface area contributed by atoms with E-state index in [1.165, 1.54) is 10.8 Å². The number of H-pyrrole nitrogens is 1. The molecule has 0 saturated carbocycles. The van der Waals surface area contributed by atoms with Crippen molar-refractivity contribution in [2.24, 2.45) is 0 Å². The minimum absolute atomic E-state index is 0.127. The molecule has 0 spiro atoms. The Morgan fingerprint density at radius 2 is 2.00 bits per heavy atom. The van der Waals surface area contributed by atoms with Crippen molar-refractivity contribution in [2.75, 3.05) is 0 Å². The average molecular weight is 338 g/mol. The number of aromatic nitrogens is 6. The Bertz CT molecular complexity index is 991. The Morgan fingerprint density at radius 1 is 1.16 bits per heavy atom. The summed E-state index contributed by atoms with van der Waals surface area (Å²) in [6, 6.07) is 8.91. The number of imidazole rings is 1. The fourth-order valence-electron chi connectivity index (χ4n) is 2.90. The maximum Gasteiger partial charge on any atom is 0.190 e. The van der Waals surface area contributed by atoms with Crippen LogP contribution in [0.2, 0.25) is 0 Å². The smallest absolute Gasteiger partial charge is 0.190 e. The molecule has 0 amide bonds. The Balaban J connectivity index is 1.71. The van der Waals surface area contributed by atoms with Gasteiger partial charge in [0.05, 0.1) is 0 Å². The summed E-state index contributed by atoms with van der Waals surface area (Å²) in [6.07, 6.45) is 4.42. The van der Waals surface area contributed by atoms with Crippen LogP contribution in [0.4, 0.5) is 4.39 Å². The van der Waals surface area contributed by atoms with Gasteiger partial charge in [0.2, 0.25) is 0 Å². The molecule has 3 heterocycles. The molecule has 1 N–H and O–H groups in total. The van der Waals surface area contributed by atoms with Gasteiger partial charge < -0.3 is 4.98 Å². The van der Waals surface area contributed by atoms with E-state index in [0.717, 1.165) is 31.5 Å². The van der Waals surface area contributed by atoms with E-state index in [0.29, 0.717) is 22.4 Å². The molecule has 0 fully saturated rings. The third kappa shape index (κ3) is 2.97. The number of fused-ring (bicyclic) bond motifs is 3. The number of aryl methyl sites for hydroxylation is 1. The topological polar surface area (TPSA) is 71.8 Å². The lowest BCUT2D eigenvalue weighted by atomic mass is 10.1. The number of alkyl halides is 1. The van der Waals surface area contributed by atoms with Gasteiger partial charge in [-0.05, 0) is 12.0 Å². The van der Waals surface area contributed by atoms with Crippen LogP contribution in [0.25, 0.3) is 16.8 Å². The normalized spacial score (nSPS) is 12.9. The summed E-state index contributed by atoms with van der Waals surface area (Å²) in [7, 11) is 0. The van der Waals surface area contributed by atoms with Crippen LogP contribution in [0.3, 0.4) is 0 Å². The highest BCUT2D eigenvalue weighted by molar-refractivity contribution is 5.84. The van der Waals surface area contributed by atoms with E-state index < -0.39 is 6.17 Å². The average Bonchev–Trinajstić information content (AvgIpc) is 3.25. The van der Waals surface area contributed by atoms with Gasteiger partial charge in [0.1, 0.15) is 17.7 Å². The number of halogens is 1. The molecule has 1 atom stereocenters. The van der Waals surface area contributed by atoms with Gasteiger partial charge in [-0.3, -0.25) is 0 Å². The number of nitrogens with zero attached hydrogens (tertiary/aromatic N) is 5. The lowest BCUT2D eigenvalue weighted by molar-refractivity contribution is 0.384. The first-order valence-electron chi connectivity index (χ1n) is 8.55. The van der Waals surface area contributed by atoms with Gasteiger partial charge in [-0.15, -0.1) is 5.10 Å². The molecular weight excluding hydrogens is 319 g/mol. The van der Waals surface area contributed by atoms with E-state index in [1.807, 2.05) is 6.07 Å². The third-order valence-corrected chi connectivity index (χ3v) is 4.23. The maximum atomic E-state index is 14.7. The third-order valence-electron chi connectivity index (χ3n) is 4.23. The molecule has 3 aromatic heterocycles. The van der Waals surface area contributed by atoms with Crippen molar-refractivity contribution in [3.63, 3.8) is 0 Å². The number of hydrogen-bond donors (Lipinski definition) is 1. The second-order valence-corrected chi connectivity index (χ2v) is 6.10. The number of nitrogens with one attached hydrogen (secondary N) is 1. The first-order valence-corrected chi connectivity index (χ1v) is 8.55. The molecule has 128 valence electrons. The summed E-state index contributed by atoms with van der Waals surface area (Å²) < 4.78 is 16.2. The maximum absolute atomic E-state index is 14.7. The van der Waals surface area contributed by atoms with Crippen molar-refractivity contribution in [3.05, 3.63) is 53.9 Å². The van der Waals surface area contributed by atoms with Crippen molar-refractivity contribution < 1.29 is 4.39 Å². The first-order chi connectivity index (χ1) is 12.3. The molecule has 4 aromatic rings. The summed E-state index contributed by atoms with van der Waals surface area (Å²) in [6.45, 7) is 2.17. The molecule has 0 aliphatic carbocycles. The predicted octanol–water partition coefficient (Wildman–Crippen LogP) is 3.79. The standard InChI is InChI=1S/C18H19FN6/c1-2-3-5-10-13-21-15-17(22-13)20-11-25-18(15)23-16(24-25)14(19)12-8-6-4-7-9-12/h4,6-9,11,14H,2-3,5,10H2,1H3,(H,21,22). The molecule has 4 rings (SSSR count). The monoisotopic (exact) mass is 338 g/mol. The van der Waals surface area contributed by atoms with Crippen molar-refractivity contribution >= 4 is 16.8 Å². The Kier molecular flexibility index (Phi) is 4.13. The molecule has 0 aliphatic rings. The zero-order valence-corrected chi connectivity index (χ0v) is 14.0. The van der Waals surface area contributed by atoms with Crippen LogP contribution in [0, 0.1) is 0 Å². The van der Waals surface area contributed by atoms with Crippen molar-refractivity contribution in [1.82, 2.24) is 29.5 Å². The lowest BCUT2D eigenvalue weighted by Gasteiger charge is -2.02. The Hall–Kier alpha value is -2.83. The Morgan fingerprint density at radius 3 is 2.80 bits per heavy atom. The highest BCUT2D eigenvalue weighted by atomic mass is 19.1. The van der Waals surface area contributed by atoms with Gasteiger partial charge in [-0.25, -0.2) is 19.3 Å². The molecule has 1 unspecified atom stereocenters. The van der Waals surface area contributed by atoms with Gasteiger partial charge in [0.15, 0.2) is 23.3 Å². The van der Waals surface area contributed by atoms with Gasteiger partial charge in [0, 0.05) is 6.42 Å². The summed E-state index contributed by atoms with van der Waals surface area (Å²) >= 11 is 0. The number of aromatic amines is 1. The van der Waals surface area contributed by atoms with E-state index in [2.05, 4.69) is 32.0 Å². The van der Waals surface area contributed by atoms with E-state index in [1.54, 1.807) is 24.3 Å². The second-order valence-electron chi connectivity index (χ2n) is 6.10. The van der Waals surface area contributed by atoms with Gasteiger partial charge in [0.25, 0.3) is 0 Å². The molecule has 1 aromatic carbocycles. The lowest BCUT2D eigenvalue weighted by Crippen LogP contribution is -1.97. The number of benzene rings is 1. The minimum atomic E-state index is -1.37. The molecule has 25 heavy (non-hydrogen) atoms. The number of unbranched alkanes of at least 4 members (excludes halogenated alkanes) is 2. The predicted molar refractivity (Wildman–Crippen MR) is 93.1 cm³/mol. The number of hydrogen-bond acceptors (Lipinski definition) is 4. The van der Waals surface area contributed by atoms with E-state index in [9.17, 15) is 4.39 Å². The van der Waals surface area contributed by atoms with Crippen LogP contribution in [-0.4, -0.2) is 29.5 Å².